The molecule has 0 bridgehead atoms. The highest BCUT2D eigenvalue weighted by Crippen LogP contribution is 2.48. The van der Waals surface area contributed by atoms with Gasteiger partial charge in [0, 0.05) is 51.0 Å². The molecule has 3 aromatic heterocycles. The van der Waals surface area contributed by atoms with E-state index in [9.17, 15) is 0 Å². The van der Waals surface area contributed by atoms with Crippen LogP contribution in [0.15, 0.2) is 66.9 Å². The molecule has 2 aliphatic rings. The molecule has 0 atom stereocenters. The third-order valence-electron chi connectivity index (χ3n) is 7.73. The van der Waals surface area contributed by atoms with Crippen molar-refractivity contribution in [3.05, 3.63) is 66.9 Å². The fourth-order valence-corrected chi connectivity index (χ4v) is 5.55. The van der Waals surface area contributed by atoms with Gasteiger partial charge in [-0.25, -0.2) is 4.98 Å². The Kier molecular flexibility index (Phi) is 5.42. The molecule has 1 saturated heterocycles. The molecule has 6 aromatic rings. The number of aromatic nitrogens is 7. The highest BCUT2D eigenvalue weighted by atomic mass is 16.5. The lowest BCUT2D eigenvalue weighted by molar-refractivity contribution is 0.246. The molecule has 1 fully saturated rings. The summed E-state index contributed by atoms with van der Waals surface area (Å²) in [5.41, 5.74) is 8.54. The third kappa shape index (κ3) is 4.03. The summed E-state index contributed by atoms with van der Waals surface area (Å²) in [4.78, 5) is 9.70. The van der Waals surface area contributed by atoms with Gasteiger partial charge in [0.1, 0.15) is 11.0 Å². The van der Waals surface area contributed by atoms with Crippen molar-refractivity contribution in [2.45, 2.75) is 0 Å². The molecule has 8 rings (SSSR count). The summed E-state index contributed by atoms with van der Waals surface area (Å²) in [6, 6.07) is 20.6. The van der Waals surface area contributed by atoms with Gasteiger partial charge >= 0.3 is 0 Å². The summed E-state index contributed by atoms with van der Waals surface area (Å²) in [7, 11) is 0. The number of hydrogen-bond acceptors (Lipinski definition) is 9. The van der Waals surface area contributed by atoms with Crippen LogP contribution < -0.4 is 15.0 Å². The van der Waals surface area contributed by atoms with Crippen LogP contribution in [0.1, 0.15) is 0 Å². The van der Waals surface area contributed by atoms with Crippen LogP contribution >= 0.6 is 0 Å². The van der Waals surface area contributed by atoms with Crippen LogP contribution in [0.5, 0.6) is 11.5 Å². The molecule has 0 saturated carbocycles. The zero-order valence-electron chi connectivity index (χ0n) is 21.6. The lowest BCUT2D eigenvalue weighted by atomic mass is 10.0. The van der Waals surface area contributed by atoms with Crippen LogP contribution in [0.2, 0.25) is 0 Å². The van der Waals surface area contributed by atoms with Crippen LogP contribution in [0.25, 0.3) is 44.3 Å². The molecule has 5 heterocycles. The quantitative estimate of drug-likeness (QED) is 0.302. The average Bonchev–Trinajstić information content (AvgIpc) is 3.68. The second kappa shape index (κ2) is 9.40. The van der Waals surface area contributed by atoms with E-state index in [4.69, 9.17) is 9.72 Å². The summed E-state index contributed by atoms with van der Waals surface area (Å²) in [6.07, 6.45) is 1.91. The molecular formula is C29H26N10O. The van der Waals surface area contributed by atoms with E-state index in [-0.39, 0.29) is 0 Å². The van der Waals surface area contributed by atoms with E-state index in [0.29, 0.717) is 0 Å². The molecule has 11 nitrogen and oxygen atoms in total. The van der Waals surface area contributed by atoms with Crippen molar-refractivity contribution in [2.24, 2.45) is 0 Å². The maximum absolute atomic E-state index is 6.57. The minimum Gasteiger partial charge on any atom is -0.451 e. The van der Waals surface area contributed by atoms with E-state index in [1.165, 1.54) is 0 Å². The summed E-state index contributed by atoms with van der Waals surface area (Å²) < 4.78 is 6.57. The number of fused-ring (bicyclic) bond motifs is 4. The normalized spacial score (nSPS) is 15.2. The second-order valence-corrected chi connectivity index (χ2v) is 10.2. The molecule has 0 amide bonds. The Hall–Kier alpha value is -4.87. The predicted molar refractivity (Wildman–Crippen MR) is 153 cm³/mol. The lowest BCUT2D eigenvalue weighted by Gasteiger charge is -2.35. The highest BCUT2D eigenvalue weighted by molar-refractivity contribution is 5.86. The number of nitrogens with one attached hydrogen (secondary N) is 3. The molecule has 3 N–H and O–H groups in total. The van der Waals surface area contributed by atoms with Gasteiger partial charge in [0.25, 0.3) is 0 Å². The molecule has 0 unspecified atom stereocenters. The first-order chi connectivity index (χ1) is 19.8. The van der Waals surface area contributed by atoms with Gasteiger partial charge < -0.3 is 15.0 Å². The first-order valence-electron chi connectivity index (χ1n) is 13.4. The zero-order chi connectivity index (χ0) is 26.5. The Labute approximate surface area is 229 Å². The summed E-state index contributed by atoms with van der Waals surface area (Å²) in [5, 5.41) is 25.4. The summed E-state index contributed by atoms with van der Waals surface area (Å²) in [5.74, 6) is 2.36. The fourth-order valence-electron chi connectivity index (χ4n) is 5.55. The van der Waals surface area contributed by atoms with E-state index < -0.39 is 0 Å². The Morgan fingerprint density at radius 2 is 1.35 bits per heavy atom. The Morgan fingerprint density at radius 1 is 0.700 bits per heavy atom. The molecule has 3 aromatic carbocycles. The minimum absolute atomic E-state index is 0.731. The topological polar surface area (TPSA) is 124 Å². The molecular weight excluding hydrogens is 504 g/mol. The number of ether oxygens (including phenoxy) is 1. The van der Waals surface area contributed by atoms with Crippen molar-refractivity contribution in [1.29, 1.82) is 0 Å². The van der Waals surface area contributed by atoms with Crippen molar-refractivity contribution in [3.8, 4) is 33.8 Å². The van der Waals surface area contributed by atoms with E-state index in [0.717, 1.165) is 107 Å². The van der Waals surface area contributed by atoms with Gasteiger partial charge in [0.05, 0.1) is 16.7 Å². The first kappa shape index (κ1) is 23.1. The number of benzene rings is 3. The fraction of sp³-hybridized carbons (Fsp3) is 0.207. The van der Waals surface area contributed by atoms with Crippen molar-refractivity contribution < 1.29 is 4.74 Å². The van der Waals surface area contributed by atoms with Gasteiger partial charge in [-0.15, -0.1) is 10.2 Å². The smallest absolute Gasteiger partial charge is 0.176 e. The van der Waals surface area contributed by atoms with E-state index in [1.807, 2.05) is 36.5 Å². The zero-order valence-corrected chi connectivity index (χ0v) is 21.6. The monoisotopic (exact) mass is 530 g/mol. The number of pyridine rings is 1. The minimum atomic E-state index is 0.731. The van der Waals surface area contributed by atoms with Gasteiger partial charge in [-0.05, 0) is 59.2 Å². The van der Waals surface area contributed by atoms with Crippen molar-refractivity contribution in [2.75, 3.05) is 44.2 Å². The number of rotatable bonds is 5. The number of hydrogen-bond donors (Lipinski definition) is 3. The Morgan fingerprint density at radius 3 is 2.10 bits per heavy atom. The molecule has 198 valence electrons. The number of aromatic amines is 2. The van der Waals surface area contributed by atoms with Crippen LogP contribution in [0, 0.1) is 0 Å². The maximum atomic E-state index is 6.57. The van der Waals surface area contributed by atoms with Crippen LogP contribution in [-0.4, -0.2) is 80.0 Å². The second-order valence-electron chi connectivity index (χ2n) is 10.2. The standard InChI is InChI=1S/C29H26N10O/c1-4-22-24(34-36-32-22)13-18(1)20-3-6-26-27(15-20)40-28-16-21(19-2-5-23-25(14-19)35-37-33-23)17-31-29(28)39(26)12-11-38-9-7-30-8-10-38/h1-6,13-17,30H,7-12H2,(H,32,34,36)(H,33,35,37). The van der Waals surface area contributed by atoms with Crippen LogP contribution in [0.4, 0.5) is 11.5 Å². The number of piperazine rings is 1. The van der Waals surface area contributed by atoms with Gasteiger partial charge in [-0.1, -0.05) is 28.6 Å². The van der Waals surface area contributed by atoms with Crippen molar-refractivity contribution >= 4 is 33.6 Å². The summed E-state index contributed by atoms with van der Waals surface area (Å²) in [6.45, 7) is 5.89. The lowest BCUT2D eigenvalue weighted by Crippen LogP contribution is -2.46. The molecule has 0 aliphatic carbocycles. The SMILES string of the molecule is c1cc2c(cc1-c1ccc3[nH]nnc3c1)Oc1cc(-c3ccc4[nH]nnc4c3)cnc1N2CCN1CCNCC1. The molecule has 40 heavy (non-hydrogen) atoms. The molecule has 11 heteroatoms. The Bertz CT molecular complexity index is 1730. The van der Waals surface area contributed by atoms with E-state index >= 15 is 0 Å². The van der Waals surface area contributed by atoms with Crippen molar-refractivity contribution in [3.63, 3.8) is 0 Å². The van der Waals surface area contributed by atoms with Gasteiger partial charge in [-0.2, -0.15) is 0 Å². The predicted octanol–water partition coefficient (Wildman–Crippen LogP) is 4.11. The number of anilines is 2. The molecule has 2 aliphatic heterocycles. The number of H-pyrrole nitrogens is 2. The molecule has 0 spiro atoms. The van der Waals surface area contributed by atoms with E-state index in [2.05, 4.69) is 76.3 Å². The van der Waals surface area contributed by atoms with Crippen LogP contribution in [-0.2, 0) is 0 Å². The number of nitrogens with zero attached hydrogens (tertiary/aromatic N) is 7. The largest absolute Gasteiger partial charge is 0.451 e. The van der Waals surface area contributed by atoms with Crippen molar-refractivity contribution in [1.82, 2.24) is 46.0 Å². The van der Waals surface area contributed by atoms with Crippen LogP contribution in [0.3, 0.4) is 0 Å². The average molecular weight is 531 g/mol. The summed E-state index contributed by atoms with van der Waals surface area (Å²) >= 11 is 0. The Balaban J connectivity index is 1.18. The maximum Gasteiger partial charge on any atom is 0.176 e. The van der Waals surface area contributed by atoms with Gasteiger partial charge in [0.2, 0.25) is 0 Å². The van der Waals surface area contributed by atoms with Gasteiger partial charge in [0.15, 0.2) is 17.3 Å². The highest BCUT2D eigenvalue weighted by Gasteiger charge is 2.27. The van der Waals surface area contributed by atoms with E-state index in [1.54, 1.807) is 0 Å². The first-order valence-corrected chi connectivity index (χ1v) is 13.4. The van der Waals surface area contributed by atoms with Gasteiger partial charge in [-0.3, -0.25) is 15.1 Å². The molecule has 0 radical (unpaired) electrons. The third-order valence-corrected chi connectivity index (χ3v) is 7.73.